The largest absolute Gasteiger partial charge is 0.746 e. The smallest absolute Gasteiger partial charge is 0.319 e. The van der Waals surface area contributed by atoms with Crippen LogP contribution in [0.25, 0.3) is 0 Å². The minimum atomic E-state index is -4.46. The highest BCUT2D eigenvalue weighted by atomic mass is 35.5. The number of hydrogen-bond donors (Lipinski definition) is 0. The molecule has 5 nitrogen and oxygen atoms in total. The van der Waals surface area contributed by atoms with Crippen molar-refractivity contribution in [3.05, 3.63) is 29.3 Å². The van der Waals surface area contributed by atoms with Gasteiger partial charge in [0.15, 0.2) is 0 Å². The van der Waals surface area contributed by atoms with E-state index in [2.05, 4.69) is 9.05 Å². The number of nitrogens with zero attached hydrogens (tertiary/aromatic N) is 1. The standard InChI is InChI=1S/C9H9ClNO4P/c10-8-4-1-2-5-9(8)15-16(12,13)14-7-3-6-11/h1-2,4-5H,3,7H2,(H,12,13)/p-1. The molecular formula is C9H8ClNO4P-. The Kier molecular flexibility index (Phi) is 4.78. The molecular weight excluding hydrogens is 253 g/mol. The molecule has 0 aromatic heterocycles. The highest BCUT2D eigenvalue weighted by Gasteiger charge is 2.12. The first-order valence-corrected chi connectivity index (χ1v) is 6.16. The molecule has 0 aliphatic carbocycles. The topological polar surface area (TPSA) is 82.4 Å². The quantitative estimate of drug-likeness (QED) is 0.598. The van der Waals surface area contributed by atoms with E-state index in [0.717, 1.165) is 0 Å². The van der Waals surface area contributed by atoms with Gasteiger partial charge in [-0.15, -0.1) is 0 Å². The molecule has 0 saturated heterocycles. The van der Waals surface area contributed by atoms with E-state index in [0.29, 0.717) is 0 Å². The summed E-state index contributed by atoms with van der Waals surface area (Å²) in [5, 5.41) is 8.38. The van der Waals surface area contributed by atoms with E-state index < -0.39 is 7.82 Å². The van der Waals surface area contributed by atoms with Crippen molar-refractivity contribution < 1.29 is 18.5 Å². The van der Waals surface area contributed by atoms with Gasteiger partial charge in [0.2, 0.25) is 0 Å². The number of halogens is 1. The molecule has 1 aromatic carbocycles. The van der Waals surface area contributed by atoms with E-state index in [4.69, 9.17) is 16.9 Å². The Labute approximate surface area is 97.8 Å². The van der Waals surface area contributed by atoms with Crippen LogP contribution < -0.4 is 9.42 Å². The van der Waals surface area contributed by atoms with E-state index in [-0.39, 0.29) is 23.8 Å². The third-order valence-electron chi connectivity index (χ3n) is 1.51. The zero-order valence-corrected chi connectivity index (χ0v) is 9.78. The summed E-state index contributed by atoms with van der Waals surface area (Å²) in [6, 6.07) is 7.86. The van der Waals surface area contributed by atoms with E-state index in [9.17, 15) is 9.46 Å². The maximum atomic E-state index is 11.2. The van der Waals surface area contributed by atoms with Crippen LogP contribution in [0.4, 0.5) is 0 Å². The second-order valence-electron chi connectivity index (χ2n) is 2.71. The highest BCUT2D eigenvalue weighted by molar-refractivity contribution is 7.46. The lowest BCUT2D eigenvalue weighted by Crippen LogP contribution is -2.11. The third-order valence-corrected chi connectivity index (χ3v) is 2.74. The molecule has 0 N–H and O–H groups in total. The van der Waals surface area contributed by atoms with Gasteiger partial charge in [-0.25, -0.2) is 0 Å². The summed E-state index contributed by atoms with van der Waals surface area (Å²) in [6.07, 6.45) is -0.0297. The summed E-state index contributed by atoms with van der Waals surface area (Å²) in [5.41, 5.74) is 0. The Morgan fingerprint density at radius 1 is 1.50 bits per heavy atom. The molecule has 16 heavy (non-hydrogen) atoms. The molecule has 1 unspecified atom stereocenters. The summed E-state index contributed by atoms with van der Waals surface area (Å²) in [4.78, 5) is 11.2. The van der Waals surface area contributed by atoms with E-state index in [1.165, 1.54) is 12.1 Å². The SMILES string of the molecule is N#CCCOP(=O)([O-])Oc1ccccc1Cl. The van der Waals surface area contributed by atoms with Crippen LogP contribution in [0.3, 0.4) is 0 Å². The Morgan fingerprint density at radius 2 is 2.19 bits per heavy atom. The molecule has 0 radical (unpaired) electrons. The Hall–Kier alpha value is -1.05. The Morgan fingerprint density at radius 3 is 2.81 bits per heavy atom. The highest BCUT2D eigenvalue weighted by Crippen LogP contribution is 2.41. The minimum Gasteiger partial charge on any atom is -0.746 e. The van der Waals surface area contributed by atoms with Gasteiger partial charge in [-0.3, -0.25) is 4.57 Å². The van der Waals surface area contributed by atoms with Gasteiger partial charge in [-0.05, 0) is 12.1 Å². The molecule has 1 aromatic rings. The average molecular weight is 261 g/mol. The average Bonchev–Trinajstić information content (AvgIpc) is 2.21. The van der Waals surface area contributed by atoms with Crippen molar-refractivity contribution in [3.8, 4) is 11.8 Å². The lowest BCUT2D eigenvalue weighted by molar-refractivity contribution is -0.216. The van der Waals surface area contributed by atoms with Gasteiger partial charge >= 0.3 is 7.82 Å². The maximum absolute atomic E-state index is 11.2. The fourth-order valence-electron chi connectivity index (χ4n) is 0.869. The van der Waals surface area contributed by atoms with Gasteiger partial charge in [0.1, 0.15) is 5.75 Å². The molecule has 0 amide bonds. The van der Waals surface area contributed by atoms with Crippen molar-refractivity contribution in [1.29, 1.82) is 5.26 Å². The molecule has 0 heterocycles. The van der Waals surface area contributed by atoms with Crippen LogP contribution in [-0.4, -0.2) is 6.61 Å². The van der Waals surface area contributed by atoms with Crippen LogP contribution in [0.2, 0.25) is 5.02 Å². The fourth-order valence-corrected chi connectivity index (χ4v) is 1.86. The molecule has 0 aliphatic rings. The molecule has 0 fully saturated rings. The van der Waals surface area contributed by atoms with Crippen molar-refractivity contribution in [2.45, 2.75) is 6.42 Å². The first-order chi connectivity index (χ1) is 7.55. The van der Waals surface area contributed by atoms with Gasteiger partial charge in [0, 0.05) is 0 Å². The molecule has 0 saturated carbocycles. The lowest BCUT2D eigenvalue weighted by Gasteiger charge is -2.23. The van der Waals surface area contributed by atoms with Gasteiger partial charge < -0.3 is 13.9 Å². The van der Waals surface area contributed by atoms with Crippen LogP contribution in [0, 0.1) is 11.3 Å². The predicted octanol–water partition coefficient (Wildman–Crippen LogP) is 2.12. The molecule has 7 heteroatoms. The Balaban J connectivity index is 2.63. The molecule has 1 rings (SSSR count). The first-order valence-electron chi connectivity index (χ1n) is 4.32. The first kappa shape index (κ1) is 13.0. The van der Waals surface area contributed by atoms with Crippen molar-refractivity contribution in [3.63, 3.8) is 0 Å². The maximum Gasteiger partial charge on any atom is 0.319 e. The van der Waals surface area contributed by atoms with E-state index in [1.807, 2.05) is 0 Å². The normalized spacial score (nSPS) is 13.8. The van der Waals surface area contributed by atoms with Crippen molar-refractivity contribution in [1.82, 2.24) is 0 Å². The molecule has 86 valence electrons. The minimum absolute atomic E-state index is 0.000502. The van der Waals surface area contributed by atoms with Gasteiger partial charge in [0.05, 0.1) is 24.1 Å². The van der Waals surface area contributed by atoms with Crippen LogP contribution >= 0.6 is 19.4 Å². The van der Waals surface area contributed by atoms with Crippen LogP contribution in [0.1, 0.15) is 6.42 Å². The fraction of sp³-hybridized carbons (Fsp3) is 0.222. The van der Waals surface area contributed by atoms with Gasteiger partial charge in [0.25, 0.3) is 0 Å². The molecule has 0 aliphatic heterocycles. The number of para-hydroxylation sites is 1. The van der Waals surface area contributed by atoms with E-state index in [1.54, 1.807) is 18.2 Å². The second kappa shape index (κ2) is 5.88. The third kappa shape index (κ3) is 4.21. The van der Waals surface area contributed by atoms with Gasteiger partial charge in [-0.2, -0.15) is 5.26 Å². The van der Waals surface area contributed by atoms with Crippen LogP contribution in [0.15, 0.2) is 24.3 Å². The van der Waals surface area contributed by atoms with Crippen molar-refractivity contribution in [2.24, 2.45) is 0 Å². The summed E-state index contributed by atoms with van der Waals surface area (Å²) >= 11 is 5.70. The summed E-state index contributed by atoms with van der Waals surface area (Å²) in [7, 11) is -4.46. The van der Waals surface area contributed by atoms with Crippen LogP contribution in [-0.2, 0) is 9.09 Å². The number of hydrogen-bond acceptors (Lipinski definition) is 5. The number of phosphoric acid groups is 1. The number of phosphoric ester groups is 1. The summed E-state index contributed by atoms with van der Waals surface area (Å²) in [6.45, 7) is -0.234. The number of nitriles is 1. The summed E-state index contributed by atoms with van der Waals surface area (Å²) in [5.74, 6) is -0.000502. The monoisotopic (exact) mass is 260 g/mol. The molecule has 1 atom stereocenters. The Bertz CT molecular complexity index is 445. The predicted molar refractivity (Wildman–Crippen MR) is 55.9 cm³/mol. The number of benzene rings is 1. The number of rotatable bonds is 5. The molecule has 0 spiro atoms. The summed E-state index contributed by atoms with van der Waals surface area (Å²) < 4.78 is 20.3. The second-order valence-corrected chi connectivity index (χ2v) is 4.45. The van der Waals surface area contributed by atoms with E-state index >= 15 is 0 Å². The van der Waals surface area contributed by atoms with Gasteiger partial charge in [-0.1, -0.05) is 23.7 Å². The zero-order chi connectivity index (χ0) is 12.0. The molecule has 0 bridgehead atoms. The zero-order valence-electron chi connectivity index (χ0n) is 8.13. The van der Waals surface area contributed by atoms with Crippen LogP contribution in [0.5, 0.6) is 5.75 Å². The lowest BCUT2D eigenvalue weighted by atomic mass is 10.3. The van der Waals surface area contributed by atoms with Crippen molar-refractivity contribution in [2.75, 3.05) is 6.61 Å². The van der Waals surface area contributed by atoms with Crippen molar-refractivity contribution >= 4 is 19.4 Å².